The van der Waals surface area contributed by atoms with Crippen LogP contribution in [0.2, 0.25) is 0 Å². The number of nitrogens with one attached hydrogen (secondary N) is 2. The summed E-state index contributed by atoms with van der Waals surface area (Å²) in [7, 11) is 0. The van der Waals surface area contributed by atoms with E-state index in [2.05, 4.69) is 20.6 Å². The summed E-state index contributed by atoms with van der Waals surface area (Å²) in [6.45, 7) is 0.466. The second-order valence-electron chi connectivity index (χ2n) is 4.99. The molecule has 108 valence electrons. The molecule has 0 saturated heterocycles. The van der Waals surface area contributed by atoms with Gasteiger partial charge in [0.15, 0.2) is 0 Å². The second kappa shape index (κ2) is 5.87. The molecule has 1 amide bonds. The summed E-state index contributed by atoms with van der Waals surface area (Å²) < 4.78 is 12.8. The standard InChI is InChI=1S/C15H15FN4O/c16-11-3-1-10(2-4-11)9-18-15-17-8-7-13(20-15)14(21)19-12-5-6-12/h1-4,7-8,12H,5-6,9H2,(H,19,21)(H,17,18,20). The predicted molar refractivity (Wildman–Crippen MR) is 76.2 cm³/mol. The summed E-state index contributed by atoms with van der Waals surface area (Å²) in [5.74, 6) is -0.0683. The van der Waals surface area contributed by atoms with Crippen LogP contribution in [0.15, 0.2) is 36.5 Å². The van der Waals surface area contributed by atoms with Gasteiger partial charge in [-0.1, -0.05) is 12.1 Å². The molecule has 0 radical (unpaired) electrons. The molecule has 0 unspecified atom stereocenters. The summed E-state index contributed by atoms with van der Waals surface area (Å²) in [6.07, 6.45) is 3.61. The van der Waals surface area contributed by atoms with Gasteiger partial charge >= 0.3 is 0 Å². The number of halogens is 1. The molecule has 1 heterocycles. The van der Waals surface area contributed by atoms with E-state index in [1.165, 1.54) is 12.1 Å². The maximum atomic E-state index is 12.8. The van der Waals surface area contributed by atoms with Crippen molar-refractivity contribution in [2.75, 3.05) is 5.32 Å². The van der Waals surface area contributed by atoms with Crippen LogP contribution >= 0.6 is 0 Å². The van der Waals surface area contributed by atoms with E-state index in [0.717, 1.165) is 18.4 Å². The SMILES string of the molecule is O=C(NC1CC1)c1ccnc(NCc2ccc(F)cc2)n1. The molecule has 3 rings (SSSR count). The number of hydrogen-bond acceptors (Lipinski definition) is 4. The van der Waals surface area contributed by atoms with Crippen LogP contribution in [0.4, 0.5) is 10.3 Å². The highest BCUT2D eigenvalue weighted by Gasteiger charge is 2.24. The Morgan fingerprint density at radius 1 is 1.24 bits per heavy atom. The smallest absolute Gasteiger partial charge is 0.270 e. The minimum Gasteiger partial charge on any atom is -0.350 e. The van der Waals surface area contributed by atoms with Gasteiger partial charge < -0.3 is 10.6 Å². The summed E-state index contributed by atoms with van der Waals surface area (Å²) >= 11 is 0. The van der Waals surface area contributed by atoms with E-state index in [0.29, 0.717) is 24.2 Å². The molecule has 1 saturated carbocycles. The van der Waals surface area contributed by atoms with Crippen LogP contribution in [0.3, 0.4) is 0 Å². The topological polar surface area (TPSA) is 66.9 Å². The van der Waals surface area contributed by atoms with Gasteiger partial charge in [-0.2, -0.15) is 0 Å². The first-order valence-corrected chi connectivity index (χ1v) is 6.83. The zero-order chi connectivity index (χ0) is 14.7. The number of carbonyl (C=O) groups excluding carboxylic acids is 1. The Balaban J connectivity index is 1.62. The molecule has 6 heteroatoms. The van der Waals surface area contributed by atoms with Crippen LogP contribution in [-0.4, -0.2) is 21.9 Å². The number of carbonyl (C=O) groups is 1. The van der Waals surface area contributed by atoms with Crippen molar-refractivity contribution in [3.8, 4) is 0 Å². The fraction of sp³-hybridized carbons (Fsp3) is 0.267. The van der Waals surface area contributed by atoms with Crippen LogP contribution < -0.4 is 10.6 Å². The molecule has 0 bridgehead atoms. The van der Waals surface area contributed by atoms with Crippen molar-refractivity contribution >= 4 is 11.9 Å². The molecule has 1 aromatic carbocycles. The van der Waals surface area contributed by atoms with Crippen LogP contribution in [0.25, 0.3) is 0 Å². The Labute approximate surface area is 121 Å². The van der Waals surface area contributed by atoms with E-state index < -0.39 is 0 Å². The highest BCUT2D eigenvalue weighted by atomic mass is 19.1. The van der Waals surface area contributed by atoms with Crippen molar-refractivity contribution < 1.29 is 9.18 Å². The van der Waals surface area contributed by atoms with Gasteiger partial charge in [0.05, 0.1) is 0 Å². The number of aromatic nitrogens is 2. The molecule has 1 aliphatic rings. The average Bonchev–Trinajstić information content (AvgIpc) is 3.31. The third-order valence-corrected chi connectivity index (χ3v) is 3.16. The average molecular weight is 286 g/mol. The third kappa shape index (κ3) is 3.75. The van der Waals surface area contributed by atoms with Crippen molar-refractivity contribution in [3.63, 3.8) is 0 Å². The van der Waals surface area contributed by atoms with Gasteiger partial charge in [-0.25, -0.2) is 14.4 Å². The van der Waals surface area contributed by atoms with Crippen molar-refractivity contribution in [1.29, 1.82) is 0 Å². The van der Waals surface area contributed by atoms with E-state index in [1.54, 1.807) is 24.4 Å². The molecule has 2 N–H and O–H groups in total. The van der Waals surface area contributed by atoms with Crippen LogP contribution in [0, 0.1) is 5.82 Å². The van der Waals surface area contributed by atoms with Crippen LogP contribution in [0.5, 0.6) is 0 Å². The van der Waals surface area contributed by atoms with E-state index in [9.17, 15) is 9.18 Å². The Hall–Kier alpha value is -2.50. The van der Waals surface area contributed by atoms with Crippen molar-refractivity contribution in [1.82, 2.24) is 15.3 Å². The van der Waals surface area contributed by atoms with E-state index in [-0.39, 0.29) is 11.7 Å². The van der Waals surface area contributed by atoms with Crippen molar-refractivity contribution in [2.24, 2.45) is 0 Å². The van der Waals surface area contributed by atoms with Gasteiger partial charge in [0, 0.05) is 18.8 Å². The molecule has 21 heavy (non-hydrogen) atoms. The van der Waals surface area contributed by atoms with Crippen molar-refractivity contribution in [2.45, 2.75) is 25.4 Å². The summed E-state index contributed by atoms with van der Waals surface area (Å²) in [5, 5.41) is 5.90. The minimum absolute atomic E-state index is 0.176. The molecular formula is C15H15FN4O. The van der Waals surface area contributed by atoms with Gasteiger partial charge in [0.2, 0.25) is 5.95 Å². The summed E-state index contributed by atoms with van der Waals surface area (Å²) in [5.41, 5.74) is 1.26. The number of anilines is 1. The normalized spacial score (nSPS) is 13.8. The molecule has 0 spiro atoms. The lowest BCUT2D eigenvalue weighted by Gasteiger charge is -2.07. The molecule has 2 aromatic rings. The zero-order valence-corrected chi connectivity index (χ0v) is 11.3. The highest BCUT2D eigenvalue weighted by molar-refractivity contribution is 5.92. The lowest BCUT2D eigenvalue weighted by molar-refractivity contribution is 0.0946. The first-order chi connectivity index (χ1) is 10.2. The zero-order valence-electron chi connectivity index (χ0n) is 11.3. The molecule has 0 atom stereocenters. The summed E-state index contributed by atoms with van der Waals surface area (Å²) in [4.78, 5) is 20.1. The third-order valence-electron chi connectivity index (χ3n) is 3.16. The fourth-order valence-electron chi connectivity index (χ4n) is 1.84. The van der Waals surface area contributed by atoms with Crippen LogP contribution in [-0.2, 0) is 6.54 Å². The van der Waals surface area contributed by atoms with Gasteiger partial charge in [-0.3, -0.25) is 4.79 Å². The fourth-order valence-corrected chi connectivity index (χ4v) is 1.84. The van der Waals surface area contributed by atoms with Gasteiger partial charge in [0.1, 0.15) is 11.5 Å². The maximum absolute atomic E-state index is 12.8. The van der Waals surface area contributed by atoms with E-state index in [1.807, 2.05) is 0 Å². The van der Waals surface area contributed by atoms with Crippen molar-refractivity contribution in [3.05, 3.63) is 53.6 Å². The molecule has 1 aliphatic carbocycles. The highest BCUT2D eigenvalue weighted by Crippen LogP contribution is 2.19. The lowest BCUT2D eigenvalue weighted by Crippen LogP contribution is -2.26. The van der Waals surface area contributed by atoms with Gasteiger partial charge in [-0.15, -0.1) is 0 Å². The predicted octanol–water partition coefficient (Wildman–Crippen LogP) is 2.12. The monoisotopic (exact) mass is 286 g/mol. The maximum Gasteiger partial charge on any atom is 0.270 e. The largest absolute Gasteiger partial charge is 0.350 e. The first kappa shape index (κ1) is 13.5. The van der Waals surface area contributed by atoms with E-state index in [4.69, 9.17) is 0 Å². The minimum atomic E-state index is -0.270. The number of hydrogen-bond donors (Lipinski definition) is 2. The van der Waals surface area contributed by atoms with Gasteiger partial charge in [0.25, 0.3) is 5.91 Å². The first-order valence-electron chi connectivity index (χ1n) is 6.83. The molecular weight excluding hydrogens is 271 g/mol. The Morgan fingerprint density at radius 3 is 2.71 bits per heavy atom. The Kier molecular flexibility index (Phi) is 3.77. The quantitative estimate of drug-likeness (QED) is 0.883. The molecule has 0 aliphatic heterocycles. The Morgan fingerprint density at radius 2 is 2.00 bits per heavy atom. The summed E-state index contributed by atoms with van der Waals surface area (Å²) in [6, 6.07) is 8.05. The lowest BCUT2D eigenvalue weighted by atomic mass is 10.2. The van der Waals surface area contributed by atoms with Crippen LogP contribution in [0.1, 0.15) is 28.9 Å². The number of rotatable bonds is 5. The van der Waals surface area contributed by atoms with E-state index >= 15 is 0 Å². The molecule has 1 fully saturated rings. The molecule has 1 aromatic heterocycles. The van der Waals surface area contributed by atoms with Gasteiger partial charge in [-0.05, 0) is 36.6 Å². The molecule has 5 nitrogen and oxygen atoms in total. The number of benzene rings is 1. The number of amides is 1. The number of nitrogens with zero attached hydrogens (tertiary/aromatic N) is 2. The Bertz CT molecular complexity index is 640. The second-order valence-corrected chi connectivity index (χ2v) is 4.99.